The van der Waals surface area contributed by atoms with E-state index in [0.717, 1.165) is 12.8 Å². The molecule has 2 rings (SSSR count). The molecule has 0 bridgehead atoms. The van der Waals surface area contributed by atoms with E-state index in [2.05, 4.69) is 10.3 Å². The Balaban J connectivity index is 0.00000312. The van der Waals surface area contributed by atoms with Gasteiger partial charge in [-0.1, -0.05) is 13.8 Å². The highest BCUT2D eigenvalue weighted by molar-refractivity contribution is 5.95. The Labute approximate surface area is 164 Å². The Morgan fingerprint density at radius 3 is 2.50 bits per heavy atom. The normalized spacial score (nSPS) is 10.4. The van der Waals surface area contributed by atoms with Gasteiger partial charge in [-0.3, -0.25) is 14.9 Å². The maximum absolute atomic E-state index is 12.3. The van der Waals surface area contributed by atoms with Crippen molar-refractivity contribution in [1.29, 1.82) is 0 Å². The van der Waals surface area contributed by atoms with Crippen LogP contribution in [0.4, 0.5) is 5.69 Å². The number of nitro groups is 1. The number of rotatable bonds is 7. The van der Waals surface area contributed by atoms with E-state index in [1.165, 1.54) is 29.2 Å². The number of benzene rings is 1. The molecule has 1 aromatic heterocycles. The lowest BCUT2D eigenvalue weighted by atomic mass is 9.94. The smallest absolute Gasteiger partial charge is 0.294 e. The number of halogens is 2. The number of nitro benzene ring substituents is 1. The molecule has 0 spiro atoms. The number of hydrogen-bond acceptors (Lipinski definition) is 5. The van der Waals surface area contributed by atoms with Gasteiger partial charge in [0, 0.05) is 36.1 Å². The van der Waals surface area contributed by atoms with Gasteiger partial charge in [-0.25, -0.2) is 4.98 Å². The number of carbonyl (C=O) groups is 1. The molecule has 1 heterocycles. The van der Waals surface area contributed by atoms with Crippen LogP contribution in [0.2, 0.25) is 0 Å². The first-order chi connectivity index (χ1) is 11.4. The number of amides is 1. The lowest BCUT2D eigenvalue weighted by Gasteiger charge is -2.26. The largest absolute Gasteiger partial charge is 0.350 e. The summed E-state index contributed by atoms with van der Waals surface area (Å²) in [6, 6.07) is 4.35. The number of aromatic nitrogens is 2. The third kappa shape index (κ3) is 5.42. The lowest BCUT2D eigenvalue weighted by Crippen LogP contribution is -2.49. The fraction of sp³-hybridized carbons (Fsp3) is 0.375. The molecule has 26 heavy (non-hydrogen) atoms. The number of carbonyl (C=O) groups excluding carboxylic acids is 1. The van der Waals surface area contributed by atoms with Crippen molar-refractivity contribution < 1.29 is 9.72 Å². The zero-order chi connectivity index (χ0) is 17.7. The van der Waals surface area contributed by atoms with Crippen molar-refractivity contribution in [2.75, 3.05) is 6.54 Å². The fourth-order valence-corrected chi connectivity index (χ4v) is 2.29. The molecule has 0 atom stereocenters. The Morgan fingerprint density at radius 2 is 2.00 bits per heavy atom. The molecular weight excluding hydrogens is 381 g/mol. The van der Waals surface area contributed by atoms with Gasteiger partial charge in [0.2, 0.25) is 0 Å². The standard InChI is InChI=1S/C16H21N5O3.2ClH/c1-3-16(17,4-2)10-19-15(22)12-5-6-13(14(9-12)21(23)24)20-8-7-18-11-20;;/h5-9,11H,3-4,10,17H2,1-2H3,(H,19,22);2*1H. The molecule has 0 saturated carbocycles. The highest BCUT2D eigenvalue weighted by Crippen LogP contribution is 2.24. The van der Waals surface area contributed by atoms with Crippen molar-refractivity contribution >= 4 is 36.4 Å². The van der Waals surface area contributed by atoms with Crippen molar-refractivity contribution in [3.05, 3.63) is 52.6 Å². The van der Waals surface area contributed by atoms with Crippen LogP contribution >= 0.6 is 24.8 Å². The van der Waals surface area contributed by atoms with Gasteiger partial charge < -0.3 is 15.6 Å². The van der Waals surface area contributed by atoms with Gasteiger partial charge in [-0.2, -0.15) is 0 Å². The average Bonchev–Trinajstić information content (AvgIpc) is 3.13. The van der Waals surface area contributed by atoms with Crippen LogP contribution in [0, 0.1) is 10.1 Å². The number of imidazole rings is 1. The second kappa shape index (κ2) is 10.1. The Bertz CT molecular complexity index is 733. The van der Waals surface area contributed by atoms with Crippen LogP contribution in [0.15, 0.2) is 36.9 Å². The van der Waals surface area contributed by atoms with E-state index >= 15 is 0 Å². The summed E-state index contributed by atoms with van der Waals surface area (Å²) >= 11 is 0. The molecule has 2 aromatic rings. The molecule has 0 radical (unpaired) electrons. The molecule has 0 unspecified atom stereocenters. The Morgan fingerprint density at radius 1 is 1.35 bits per heavy atom. The third-order valence-electron chi connectivity index (χ3n) is 4.23. The van der Waals surface area contributed by atoms with Gasteiger partial charge in [0.05, 0.1) is 11.3 Å². The minimum atomic E-state index is -0.516. The summed E-state index contributed by atoms with van der Waals surface area (Å²) in [5, 5.41) is 14.1. The van der Waals surface area contributed by atoms with E-state index in [1.54, 1.807) is 12.3 Å². The topological polar surface area (TPSA) is 116 Å². The molecule has 0 aliphatic carbocycles. The van der Waals surface area contributed by atoms with Gasteiger partial charge in [-0.05, 0) is 25.0 Å². The first kappa shape index (κ1) is 23.8. The molecule has 0 aliphatic heterocycles. The summed E-state index contributed by atoms with van der Waals surface area (Å²) in [6.07, 6.45) is 6.05. The number of nitrogens with zero attached hydrogens (tertiary/aromatic N) is 3. The predicted octanol–water partition coefficient (Wildman–Crippen LogP) is 2.87. The fourth-order valence-electron chi connectivity index (χ4n) is 2.29. The highest BCUT2D eigenvalue weighted by atomic mass is 35.5. The average molecular weight is 404 g/mol. The minimum Gasteiger partial charge on any atom is -0.350 e. The highest BCUT2D eigenvalue weighted by Gasteiger charge is 2.23. The van der Waals surface area contributed by atoms with E-state index in [-0.39, 0.29) is 42.0 Å². The summed E-state index contributed by atoms with van der Waals surface area (Å²) in [5.74, 6) is -0.382. The van der Waals surface area contributed by atoms with Crippen LogP contribution in [0.5, 0.6) is 0 Å². The monoisotopic (exact) mass is 403 g/mol. The van der Waals surface area contributed by atoms with Crippen LogP contribution in [-0.4, -0.2) is 32.5 Å². The molecule has 0 aliphatic rings. The van der Waals surface area contributed by atoms with Gasteiger partial charge in [0.1, 0.15) is 5.69 Å². The molecule has 3 N–H and O–H groups in total. The van der Waals surface area contributed by atoms with Crippen LogP contribution in [0.25, 0.3) is 5.69 Å². The second-order valence-electron chi connectivity index (χ2n) is 5.68. The van der Waals surface area contributed by atoms with Crippen molar-refractivity contribution in [3.8, 4) is 5.69 Å². The SMILES string of the molecule is CCC(N)(CC)CNC(=O)c1ccc(-n2ccnc2)c([N+](=O)[O-])c1.Cl.Cl. The van der Waals surface area contributed by atoms with Crippen molar-refractivity contribution in [1.82, 2.24) is 14.9 Å². The van der Waals surface area contributed by atoms with Crippen molar-refractivity contribution in [3.63, 3.8) is 0 Å². The minimum absolute atomic E-state index is 0. The van der Waals surface area contributed by atoms with Crippen LogP contribution < -0.4 is 11.1 Å². The van der Waals surface area contributed by atoms with Crippen LogP contribution in [0.3, 0.4) is 0 Å². The predicted molar refractivity (Wildman–Crippen MR) is 105 cm³/mol. The zero-order valence-electron chi connectivity index (χ0n) is 14.5. The maximum atomic E-state index is 12.3. The van der Waals surface area contributed by atoms with E-state index in [9.17, 15) is 14.9 Å². The van der Waals surface area contributed by atoms with Gasteiger partial charge in [0.15, 0.2) is 0 Å². The van der Waals surface area contributed by atoms with Gasteiger partial charge >= 0.3 is 0 Å². The first-order valence-corrected chi connectivity index (χ1v) is 7.74. The molecule has 8 nitrogen and oxygen atoms in total. The van der Waals surface area contributed by atoms with Crippen molar-refractivity contribution in [2.24, 2.45) is 5.73 Å². The molecule has 1 amide bonds. The second-order valence-corrected chi connectivity index (χ2v) is 5.68. The van der Waals surface area contributed by atoms with Crippen LogP contribution in [0.1, 0.15) is 37.0 Å². The molecule has 144 valence electrons. The number of nitrogens with two attached hydrogens (primary N) is 1. The Kier molecular flexibility index (Phi) is 9.26. The third-order valence-corrected chi connectivity index (χ3v) is 4.23. The lowest BCUT2D eigenvalue weighted by molar-refractivity contribution is -0.384. The number of nitrogens with one attached hydrogen (secondary N) is 1. The summed E-state index contributed by atoms with van der Waals surface area (Å²) in [4.78, 5) is 27.0. The Hall–Kier alpha value is -2.16. The van der Waals surface area contributed by atoms with E-state index < -0.39 is 10.5 Å². The van der Waals surface area contributed by atoms with E-state index in [4.69, 9.17) is 5.73 Å². The summed E-state index contributed by atoms with van der Waals surface area (Å²) < 4.78 is 1.53. The first-order valence-electron chi connectivity index (χ1n) is 7.74. The van der Waals surface area contributed by atoms with Gasteiger partial charge in [0.25, 0.3) is 11.6 Å². The molecule has 10 heteroatoms. The summed E-state index contributed by atoms with van der Waals surface area (Å²) in [5.41, 5.74) is 6.09. The molecule has 0 fully saturated rings. The number of hydrogen-bond donors (Lipinski definition) is 2. The van der Waals surface area contributed by atoms with Gasteiger partial charge in [-0.15, -0.1) is 24.8 Å². The molecule has 0 saturated heterocycles. The zero-order valence-corrected chi connectivity index (χ0v) is 16.2. The molecule has 1 aromatic carbocycles. The quantitative estimate of drug-likeness (QED) is 0.544. The maximum Gasteiger partial charge on any atom is 0.294 e. The van der Waals surface area contributed by atoms with E-state index in [0.29, 0.717) is 12.2 Å². The van der Waals surface area contributed by atoms with Crippen molar-refractivity contribution in [2.45, 2.75) is 32.2 Å². The summed E-state index contributed by atoms with van der Waals surface area (Å²) in [7, 11) is 0. The van der Waals surface area contributed by atoms with E-state index in [1.807, 2.05) is 13.8 Å². The van der Waals surface area contributed by atoms with Crippen LogP contribution in [-0.2, 0) is 0 Å². The summed E-state index contributed by atoms with van der Waals surface area (Å²) in [6.45, 7) is 4.23. The molecular formula is C16H23Cl2N5O3.